The van der Waals surface area contributed by atoms with E-state index in [9.17, 15) is 0 Å². The average Bonchev–Trinajstić information content (AvgIpc) is 3.07. The topological polar surface area (TPSA) is 28.2 Å². The van der Waals surface area contributed by atoms with Crippen LogP contribution in [0.25, 0.3) is 0 Å². The molecule has 0 amide bonds. The highest BCUT2D eigenvalue weighted by molar-refractivity contribution is 7.09. The summed E-state index contributed by atoms with van der Waals surface area (Å²) in [4.78, 5) is 8.29. The summed E-state index contributed by atoms with van der Waals surface area (Å²) in [7, 11) is 0. The first-order valence-electron chi connectivity index (χ1n) is 6.71. The molecule has 17 heavy (non-hydrogen) atoms. The van der Waals surface area contributed by atoms with Crippen LogP contribution in [0.15, 0.2) is 11.7 Å². The second kappa shape index (κ2) is 5.04. The van der Waals surface area contributed by atoms with Crippen LogP contribution < -0.4 is 5.32 Å². The molecule has 1 aromatic rings. The van der Waals surface area contributed by atoms with E-state index in [1.165, 1.54) is 37.2 Å². The summed E-state index contributed by atoms with van der Waals surface area (Å²) in [6.45, 7) is 5.77. The molecular formula is C13H21N3S. The number of aromatic nitrogens is 1. The van der Waals surface area contributed by atoms with Crippen LogP contribution in [-0.4, -0.2) is 35.1 Å². The van der Waals surface area contributed by atoms with Gasteiger partial charge in [0.25, 0.3) is 0 Å². The van der Waals surface area contributed by atoms with E-state index in [-0.39, 0.29) is 0 Å². The van der Waals surface area contributed by atoms with E-state index in [0.29, 0.717) is 6.04 Å². The number of hydrogen-bond acceptors (Lipinski definition) is 4. The molecule has 1 aliphatic carbocycles. The minimum atomic E-state index is 0.679. The minimum absolute atomic E-state index is 0.679. The van der Waals surface area contributed by atoms with Crippen molar-refractivity contribution >= 4 is 11.3 Å². The van der Waals surface area contributed by atoms with Crippen molar-refractivity contribution < 1.29 is 0 Å². The second-order valence-electron chi connectivity index (χ2n) is 5.32. The largest absolute Gasteiger partial charge is 0.311 e. The molecule has 1 aliphatic heterocycles. The smallest absolute Gasteiger partial charge is 0.0794 e. The summed E-state index contributed by atoms with van der Waals surface area (Å²) in [5.74, 6) is 0.952. The number of hydrogen-bond donors (Lipinski definition) is 1. The molecule has 2 unspecified atom stereocenters. The summed E-state index contributed by atoms with van der Waals surface area (Å²) in [5.41, 5.74) is 1.95. The molecule has 2 heterocycles. The Morgan fingerprint density at radius 2 is 2.41 bits per heavy atom. The van der Waals surface area contributed by atoms with Crippen LogP contribution in [0.5, 0.6) is 0 Å². The molecule has 2 aliphatic rings. The summed E-state index contributed by atoms with van der Waals surface area (Å²) in [6, 6.07) is 1.44. The van der Waals surface area contributed by atoms with E-state index in [0.717, 1.165) is 18.5 Å². The van der Waals surface area contributed by atoms with Crippen LogP contribution in [-0.2, 0) is 6.54 Å². The van der Waals surface area contributed by atoms with E-state index in [4.69, 9.17) is 0 Å². The van der Waals surface area contributed by atoms with Crippen LogP contribution in [0.2, 0.25) is 0 Å². The molecule has 0 bridgehead atoms. The van der Waals surface area contributed by atoms with Gasteiger partial charge in [-0.15, -0.1) is 11.3 Å². The Balaban J connectivity index is 1.67. The van der Waals surface area contributed by atoms with Crippen molar-refractivity contribution in [1.29, 1.82) is 0 Å². The minimum Gasteiger partial charge on any atom is -0.311 e. The fourth-order valence-corrected chi connectivity index (χ4v) is 3.44. The van der Waals surface area contributed by atoms with Crippen molar-refractivity contribution in [1.82, 2.24) is 15.2 Å². The van der Waals surface area contributed by atoms with Gasteiger partial charge in [-0.25, -0.2) is 0 Å². The quantitative estimate of drug-likeness (QED) is 0.888. The van der Waals surface area contributed by atoms with Gasteiger partial charge in [-0.3, -0.25) is 9.88 Å². The molecule has 0 radical (unpaired) electrons. The zero-order valence-electron chi connectivity index (χ0n) is 10.4. The van der Waals surface area contributed by atoms with Crippen LogP contribution in [0, 0.1) is 5.92 Å². The molecule has 3 rings (SSSR count). The Morgan fingerprint density at radius 1 is 1.53 bits per heavy atom. The Hall–Kier alpha value is -0.450. The van der Waals surface area contributed by atoms with Gasteiger partial charge in [0.2, 0.25) is 0 Å². The highest BCUT2D eigenvalue weighted by Gasteiger charge is 2.38. The first-order chi connectivity index (χ1) is 8.36. The van der Waals surface area contributed by atoms with E-state index in [1.807, 2.05) is 11.7 Å². The van der Waals surface area contributed by atoms with Crippen LogP contribution in [0.4, 0.5) is 0 Å². The zero-order valence-corrected chi connectivity index (χ0v) is 11.2. The van der Waals surface area contributed by atoms with Gasteiger partial charge in [0.05, 0.1) is 5.51 Å². The van der Waals surface area contributed by atoms with Crippen LogP contribution >= 0.6 is 11.3 Å². The Morgan fingerprint density at radius 3 is 3.06 bits per heavy atom. The Bertz CT molecular complexity index is 348. The van der Waals surface area contributed by atoms with E-state index >= 15 is 0 Å². The maximum atomic E-state index is 4.19. The first kappa shape index (κ1) is 11.6. The van der Waals surface area contributed by atoms with Crippen molar-refractivity contribution in [2.75, 3.05) is 13.1 Å². The maximum absolute atomic E-state index is 4.19. The monoisotopic (exact) mass is 251 g/mol. The standard InChI is InChI=1S/C13H21N3S/c1-2-11-7-16(8-12-5-14-9-17-12)13(6-15-11)10-3-4-10/h5,9-11,13,15H,2-4,6-8H2,1H3. The first-order valence-corrected chi connectivity index (χ1v) is 7.59. The summed E-state index contributed by atoms with van der Waals surface area (Å²) in [6.07, 6.45) is 6.12. The van der Waals surface area contributed by atoms with Crippen molar-refractivity contribution in [3.05, 3.63) is 16.6 Å². The zero-order chi connectivity index (χ0) is 11.7. The SMILES string of the molecule is CCC1CN(Cc2cncs2)C(C2CC2)CN1. The third kappa shape index (κ3) is 2.69. The van der Waals surface area contributed by atoms with E-state index in [2.05, 4.69) is 22.1 Å². The number of nitrogens with one attached hydrogen (secondary N) is 1. The number of rotatable bonds is 4. The molecule has 1 N–H and O–H groups in total. The summed E-state index contributed by atoms with van der Waals surface area (Å²) < 4.78 is 0. The molecule has 1 aromatic heterocycles. The predicted molar refractivity (Wildman–Crippen MR) is 71.1 cm³/mol. The highest BCUT2D eigenvalue weighted by atomic mass is 32.1. The lowest BCUT2D eigenvalue weighted by atomic mass is 10.0. The molecule has 94 valence electrons. The lowest BCUT2D eigenvalue weighted by Crippen LogP contribution is -2.56. The van der Waals surface area contributed by atoms with Gasteiger partial charge < -0.3 is 5.32 Å². The van der Waals surface area contributed by atoms with Gasteiger partial charge in [-0.1, -0.05) is 6.92 Å². The summed E-state index contributed by atoms with van der Waals surface area (Å²) in [5, 5.41) is 3.70. The molecular weight excluding hydrogens is 230 g/mol. The molecule has 1 saturated carbocycles. The van der Waals surface area contributed by atoms with Crippen molar-refractivity contribution in [3.63, 3.8) is 0 Å². The predicted octanol–water partition coefficient (Wildman–Crippen LogP) is 2.11. The lowest BCUT2D eigenvalue weighted by molar-refractivity contribution is 0.107. The number of thiazole rings is 1. The normalized spacial score (nSPS) is 30.6. The van der Waals surface area contributed by atoms with Gasteiger partial charge in [-0.2, -0.15) is 0 Å². The molecule has 2 fully saturated rings. The Labute approximate surface area is 107 Å². The van der Waals surface area contributed by atoms with Gasteiger partial charge in [0.1, 0.15) is 0 Å². The average molecular weight is 251 g/mol. The van der Waals surface area contributed by atoms with Gasteiger partial charge in [0.15, 0.2) is 0 Å². The van der Waals surface area contributed by atoms with Crippen molar-refractivity contribution in [3.8, 4) is 0 Å². The molecule has 0 spiro atoms. The van der Waals surface area contributed by atoms with Crippen LogP contribution in [0.1, 0.15) is 31.1 Å². The fourth-order valence-electron chi connectivity index (χ4n) is 2.82. The molecule has 0 aromatic carbocycles. The van der Waals surface area contributed by atoms with Crippen LogP contribution in [0.3, 0.4) is 0 Å². The number of nitrogens with zero attached hydrogens (tertiary/aromatic N) is 2. The van der Waals surface area contributed by atoms with Gasteiger partial charge in [0, 0.05) is 42.8 Å². The Kier molecular flexibility index (Phi) is 3.45. The number of piperazine rings is 1. The highest BCUT2D eigenvalue weighted by Crippen LogP contribution is 2.37. The van der Waals surface area contributed by atoms with Crippen molar-refractivity contribution in [2.24, 2.45) is 5.92 Å². The van der Waals surface area contributed by atoms with E-state index < -0.39 is 0 Å². The summed E-state index contributed by atoms with van der Waals surface area (Å²) >= 11 is 1.79. The molecule has 2 atom stereocenters. The van der Waals surface area contributed by atoms with Gasteiger partial charge >= 0.3 is 0 Å². The van der Waals surface area contributed by atoms with Crippen molar-refractivity contribution in [2.45, 2.75) is 44.8 Å². The third-order valence-electron chi connectivity index (χ3n) is 4.04. The van der Waals surface area contributed by atoms with E-state index in [1.54, 1.807) is 11.3 Å². The lowest BCUT2D eigenvalue weighted by Gasteiger charge is -2.40. The van der Waals surface area contributed by atoms with Gasteiger partial charge in [-0.05, 0) is 25.2 Å². The maximum Gasteiger partial charge on any atom is 0.0794 e. The second-order valence-corrected chi connectivity index (χ2v) is 6.29. The fraction of sp³-hybridized carbons (Fsp3) is 0.769. The molecule has 3 nitrogen and oxygen atoms in total. The molecule has 1 saturated heterocycles. The third-order valence-corrected chi connectivity index (χ3v) is 4.81. The molecule has 4 heteroatoms.